The molecule has 2 aromatic rings. The number of amides is 1. The van der Waals surface area contributed by atoms with Crippen molar-refractivity contribution in [2.75, 3.05) is 11.4 Å². The average molecular weight is 465 g/mol. The van der Waals surface area contributed by atoms with E-state index in [-0.39, 0.29) is 39.9 Å². The number of Topliss-reactive ketones (excluding diaryl/α,β-unsaturated/α-hetero) is 1. The van der Waals surface area contributed by atoms with E-state index in [0.717, 1.165) is 11.6 Å². The zero-order chi connectivity index (χ0) is 22.5. The van der Waals surface area contributed by atoms with Crippen LogP contribution in [0.5, 0.6) is 0 Å². The first kappa shape index (κ1) is 21.9. The molecule has 4 rings (SSSR count). The molecule has 0 saturated carbocycles. The minimum absolute atomic E-state index is 0.0145. The maximum Gasteiger partial charge on any atom is 0.245 e. The number of fused-ring (bicyclic) bond motifs is 1. The molecule has 0 aromatic heterocycles. The molecule has 0 N–H and O–H groups in total. The van der Waals surface area contributed by atoms with Gasteiger partial charge in [-0.2, -0.15) is 4.31 Å². The number of carbonyl (C=O) groups excluding carboxylic acids is 2. The van der Waals surface area contributed by atoms with E-state index < -0.39 is 33.8 Å². The first-order chi connectivity index (χ1) is 14.6. The van der Waals surface area contributed by atoms with Gasteiger partial charge in [0.15, 0.2) is 5.78 Å². The van der Waals surface area contributed by atoms with Crippen molar-refractivity contribution in [3.8, 4) is 0 Å². The third kappa shape index (κ3) is 3.66. The van der Waals surface area contributed by atoms with Crippen molar-refractivity contribution in [1.82, 2.24) is 4.31 Å². The van der Waals surface area contributed by atoms with Gasteiger partial charge in [-0.25, -0.2) is 12.8 Å². The van der Waals surface area contributed by atoms with E-state index in [9.17, 15) is 22.4 Å². The van der Waals surface area contributed by atoms with Gasteiger partial charge in [-0.15, -0.1) is 0 Å². The van der Waals surface area contributed by atoms with E-state index in [0.29, 0.717) is 12.8 Å². The van der Waals surface area contributed by atoms with Crippen LogP contribution in [0.2, 0.25) is 5.02 Å². The van der Waals surface area contributed by atoms with Crippen molar-refractivity contribution in [3.05, 3.63) is 58.4 Å². The van der Waals surface area contributed by atoms with Crippen LogP contribution in [0.4, 0.5) is 10.1 Å². The number of hydrogen-bond donors (Lipinski definition) is 0. The number of ketones is 1. The van der Waals surface area contributed by atoms with Crippen LogP contribution in [0.15, 0.2) is 41.3 Å². The van der Waals surface area contributed by atoms with E-state index in [1.807, 2.05) is 6.92 Å². The summed E-state index contributed by atoms with van der Waals surface area (Å²) < 4.78 is 41.7. The smallest absolute Gasteiger partial charge is 0.245 e. The van der Waals surface area contributed by atoms with Gasteiger partial charge in [0.2, 0.25) is 15.9 Å². The van der Waals surface area contributed by atoms with E-state index in [1.54, 1.807) is 19.1 Å². The molecule has 1 amide bonds. The average Bonchev–Trinajstić information content (AvgIpc) is 3.21. The molecular weight excluding hydrogens is 443 g/mol. The minimum Gasteiger partial charge on any atom is -0.307 e. The first-order valence-electron chi connectivity index (χ1n) is 10.1. The van der Waals surface area contributed by atoms with Gasteiger partial charge in [-0.3, -0.25) is 9.59 Å². The molecule has 164 valence electrons. The SMILES string of the molecule is Cc1ccc(S(=O)(=O)N2CCC[C@H]2C(=O)N2c3ccc(F)c(Cl)c3C(=O)CC2C)cc1. The van der Waals surface area contributed by atoms with Crippen LogP contribution in [-0.4, -0.2) is 43.0 Å². The fourth-order valence-corrected chi connectivity index (χ4v) is 6.24. The largest absolute Gasteiger partial charge is 0.307 e. The number of rotatable bonds is 3. The molecule has 2 heterocycles. The maximum absolute atomic E-state index is 14.0. The Kier molecular flexibility index (Phi) is 5.66. The Hall–Kier alpha value is -2.29. The number of nitrogens with zero attached hydrogens (tertiary/aromatic N) is 2. The minimum atomic E-state index is -3.88. The van der Waals surface area contributed by atoms with Gasteiger partial charge in [0, 0.05) is 19.0 Å². The number of carbonyl (C=O) groups is 2. The van der Waals surface area contributed by atoms with Gasteiger partial charge in [0.25, 0.3) is 0 Å². The summed E-state index contributed by atoms with van der Waals surface area (Å²) in [7, 11) is -3.88. The molecular formula is C22H22ClFN2O4S. The Morgan fingerprint density at radius 3 is 2.52 bits per heavy atom. The van der Waals surface area contributed by atoms with Gasteiger partial charge >= 0.3 is 0 Å². The molecule has 9 heteroatoms. The lowest BCUT2D eigenvalue weighted by molar-refractivity contribution is -0.122. The highest BCUT2D eigenvalue weighted by atomic mass is 35.5. The lowest BCUT2D eigenvalue weighted by atomic mass is 9.94. The van der Waals surface area contributed by atoms with E-state index >= 15 is 0 Å². The normalized spacial score (nSPS) is 21.9. The summed E-state index contributed by atoms with van der Waals surface area (Å²) in [5, 5.41) is -0.317. The molecule has 2 atom stereocenters. The Balaban J connectivity index is 1.72. The third-order valence-corrected chi connectivity index (χ3v) is 8.18. The highest BCUT2D eigenvalue weighted by molar-refractivity contribution is 7.89. The van der Waals surface area contributed by atoms with Crippen molar-refractivity contribution in [1.29, 1.82) is 0 Å². The molecule has 6 nitrogen and oxygen atoms in total. The summed E-state index contributed by atoms with van der Waals surface area (Å²) >= 11 is 6.04. The maximum atomic E-state index is 14.0. The second-order valence-electron chi connectivity index (χ2n) is 8.03. The molecule has 2 aliphatic heterocycles. The molecule has 0 aliphatic carbocycles. The summed E-state index contributed by atoms with van der Waals surface area (Å²) in [5.41, 5.74) is 1.12. The number of anilines is 1. The molecule has 31 heavy (non-hydrogen) atoms. The van der Waals surface area contributed by atoms with Crippen molar-refractivity contribution in [3.63, 3.8) is 0 Å². The van der Waals surface area contributed by atoms with Crippen LogP contribution in [0.25, 0.3) is 0 Å². The standard InChI is InChI=1S/C22H22ClFN2O4S/c1-13-5-7-15(8-6-13)31(29,30)25-11-3-4-18(25)22(28)26-14(2)12-19(27)20-17(26)10-9-16(24)21(20)23/h5-10,14,18H,3-4,11-12H2,1-2H3/t14?,18-/m0/s1. The van der Waals surface area contributed by atoms with Crippen molar-refractivity contribution < 1.29 is 22.4 Å². The zero-order valence-electron chi connectivity index (χ0n) is 17.1. The van der Waals surface area contributed by atoms with Crippen LogP contribution < -0.4 is 4.90 Å². The van der Waals surface area contributed by atoms with Gasteiger partial charge in [-0.1, -0.05) is 29.3 Å². The number of benzene rings is 2. The summed E-state index contributed by atoms with van der Waals surface area (Å²) in [6, 6.07) is 7.56. The number of aryl methyl sites for hydroxylation is 1. The fraction of sp³-hybridized carbons (Fsp3) is 0.364. The van der Waals surface area contributed by atoms with E-state index in [2.05, 4.69) is 0 Å². The second kappa shape index (κ2) is 8.00. The topological polar surface area (TPSA) is 74.8 Å². The van der Waals surface area contributed by atoms with Crippen molar-refractivity contribution >= 4 is 39.0 Å². The van der Waals surface area contributed by atoms with E-state index in [4.69, 9.17) is 11.6 Å². The molecule has 0 bridgehead atoms. The lowest BCUT2D eigenvalue weighted by Gasteiger charge is -2.37. The quantitative estimate of drug-likeness (QED) is 0.689. The third-order valence-electron chi connectivity index (χ3n) is 5.89. The van der Waals surface area contributed by atoms with Crippen LogP contribution in [0.3, 0.4) is 0 Å². The van der Waals surface area contributed by atoms with Crippen LogP contribution in [-0.2, 0) is 14.8 Å². The highest BCUT2D eigenvalue weighted by Gasteiger charge is 2.44. The van der Waals surface area contributed by atoms with Gasteiger partial charge in [-0.05, 0) is 51.0 Å². The van der Waals surface area contributed by atoms with E-state index in [1.165, 1.54) is 27.4 Å². The predicted molar refractivity (Wildman–Crippen MR) is 115 cm³/mol. The Bertz CT molecular complexity index is 1170. The van der Waals surface area contributed by atoms with Gasteiger partial charge in [0.1, 0.15) is 11.9 Å². The summed E-state index contributed by atoms with van der Waals surface area (Å²) in [6.07, 6.45) is 0.893. The van der Waals surface area contributed by atoms with Crippen LogP contribution >= 0.6 is 11.6 Å². The molecule has 0 radical (unpaired) electrons. The Morgan fingerprint density at radius 2 is 1.84 bits per heavy atom. The molecule has 0 spiro atoms. The van der Waals surface area contributed by atoms with Crippen LogP contribution in [0, 0.1) is 12.7 Å². The van der Waals surface area contributed by atoms with Crippen molar-refractivity contribution in [2.45, 2.75) is 50.1 Å². The molecule has 1 fully saturated rings. The Morgan fingerprint density at radius 1 is 1.16 bits per heavy atom. The molecule has 2 aromatic carbocycles. The number of hydrogen-bond acceptors (Lipinski definition) is 4. The van der Waals surface area contributed by atoms with Gasteiger partial charge < -0.3 is 4.90 Å². The molecule has 2 aliphatic rings. The summed E-state index contributed by atoms with van der Waals surface area (Å²) in [5.74, 6) is -1.51. The lowest BCUT2D eigenvalue weighted by Crippen LogP contribution is -2.53. The van der Waals surface area contributed by atoms with Gasteiger partial charge in [0.05, 0.1) is 21.2 Å². The summed E-state index contributed by atoms with van der Waals surface area (Å²) in [6.45, 7) is 3.80. The fourth-order valence-electron chi connectivity index (χ4n) is 4.32. The van der Waals surface area contributed by atoms with Crippen molar-refractivity contribution in [2.24, 2.45) is 0 Å². The first-order valence-corrected chi connectivity index (χ1v) is 11.9. The highest BCUT2D eigenvalue weighted by Crippen LogP contribution is 2.38. The number of halogens is 2. The summed E-state index contributed by atoms with van der Waals surface area (Å²) in [4.78, 5) is 27.6. The van der Waals surface area contributed by atoms with Crippen LogP contribution in [0.1, 0.15) is 42.1 Å². The molecule has 1 unspecified atom stereocenters. The monoisotopic (exact) mass is 464 g/mol. The zero-order valence-corrected chi connectivity index (χ0v) is 18.7. The Labute approximate surface area is 185 Å². The second-order valence-corrected chi connectivity index (χ2v) is 10.3. The number of sulfonamides is 1. The predicted octanol–water partition coefficient (Wildman–Crippen LogP) is 3.95. The molecule has 1 saturated heterocycles.